The number of ether oxygens (including phenoxy) is 2. The molecule has 0 aliphatic carbocycles. The molecule has 2 N–H and O–H groups in total. The van der Waals surface area contributed by atoms with Gasteiger partial charge in [-0.2, -0.15) is 4.98 Å². The highest BCUT2D eigenvalue weighted by Crippen LogP contribution is 2.17. The van der Waals surface area contributed by atoms with Crippen LogP contribution in [0, 0.1) is 12.7 Å². The number of benzene rings is 2. The van der Waals surface area contributed by atoms with E-state index in [9.17, 15) is 4.39 Å². The summed E-state index contributed by atoms with van der Waals surface area (Å²) < 4.78 is 24.5. The van der Waals surface area contributed by atoms with Crippen LogP contribution in [0.3, 0.4) is 0 Å². The highest BCUT2D eigenvalue weighted by atomic mass is 19.1. The van der Waals surface area contributed by atoms with E-state index in [-0.39, 0.29) is 5.82 Å². The number of aromatic nitrogens is 2. The summed E-state index contributed by atoms with van der Waals surface area (Å²) in [5, 5.41) is 6.39. The lowest BCUT2D eigenvalue weighted by Gasteiger charge is -2.11. The van der Waals surface area contributed by atoms with Crippen molar-refractivity contribution in [1.29, 1.82) is 0 Å². The van der Waals surface area contributed by atoms with E-state index in [1.54, 1.807) is 19.2 Å². The number of halogens is 1. The Kier molecular flexibility index (Phi) is 7.22. The molecule has 29 heavy (non-hydrogen) atoms. The molecule has 7 heteroatoms. The lowest BCUT2D eigenvalue weighted by Crippen LogP contribution is -2.15. The van der Waals surface area contributed by atoms with Gasteiger partial charge >= 0.3 is 0 Å². The van der Waals surface area contributed by atoms with Gasteiger partial charge in [0.05, 0.1) is 13.7 Å². The smallest absolute Gasteiger partial charge is 0.224 e. The molecule has 0 saturated carbocycles. The first-order chi connectivity index (χ1) is 14.1. The van der Waals surface area contributed by atoms with E-state index in [0.717, 1.165) is 17.2 Å². The second-order valence-corrected chi connectivity index (χ2v) is 6.44. The maximum absolute atomic E-state index is 13.7. The van der Waals surface area contributed by atoms with Crippen molar-refractivity contribution in [2.24, 2.45) is 0 Å². The molecular weight excluding hydrogens is 371 g/mol. The average molecular weight is 396 g/mol. The van der Waals surface area contributed by atoms with Gasteiger partial charge in [-0.05, 0) is 49.2 Å². The van der Waals surface area contributed by atoms with Gasteiger partial charge < -0.3 is 20.1 Å². The zero-order chi connectivity index (χ0) is 20.5. The molecule has 0 amide bonds. The van der Waals surface area contributed by atoms with Crippen LogP contribution in [0.15, 0.2) is 54.6 Å². The molecule has 0 unspecified atom stereocenters. The van der Waals surface area contributed by atoms with Gasteiger partial charge in [-0.1, -0.05) is 18.2 Å². The van der Waals surface area contributed by atoms with Gasteiger partial charge in [0.1, 0.15) is 29.7 Å². The van der Waals surface area contributed by atoms with Crippen molar-refractivity contribution in [1.82, 2.24) is 9.97 Å². The van der Waals surface area contributed by atoms with Gasteiger partial charge in [0.25, 0.3) is 0 Å². The van der Waals surface area contributed by atoms with Crippen LogP contribution in [-0.2, 0) is 6.42 Å². The summed E-state index contributed by atoms with van der Waals surface area (Å²) in [6.45, 7) is 3.52. The zero-order valence-corrected chi connectivity index (χ0v) is 16.6. The van der Waals surface area contributed by atoms with Gasteiger partial charge in [0.2, 0.25) is 5.95 Å². The molecule has 6 nitrogen and oxygen atoms in total. The van der Waals surface area contributed by atoms with Crippen molar-refractivity contribution in [2.45, 2.75) is 13.3 Å². The Balaban J connectivity index is 1.46. The van der Waals surface area contributed by atoms with Crippen molar-refractivity contribution in [3.8, 4) is 11.5 Å². The summed E-state index contributed by atoms with van der Waals surface area (Å²) in [5.41, 5.74) is 1.52. The summed E-state index contributed by atoms with van der Waals surface area (Å²) in [4.78, 5) is 8.84. The Bertz CT molecular complexity index is 919. The van der Waals surface area contributed by atoms with E-state index in [4.69, 9.17) is 9.47 Å². The first-order valence-corrected chi connectivity index (χ1v) is 9.48. The Hall–Kier alpha value is -3.35. The van der Waals surface area contributed by atoms with Crippen molar-refractivity contribution in [2.75, 3.05) is 37.4 Å². The molecule has 0 radical (unpaired) electrons. The minimum absolute atomic E-state index is 0.188. The van der Waals surface area contributed by atoms with E-state index in [2.05, 4.69) is 20.6 Å². The van der Waals surface area contributed by atoms with Crippen LogP contribution in [0.1, 0.15) is 11.3 Å². The first kappa shape index (κ1) is 20.4. The van der Waals surface area contributed by atoms with Gasteiger partial charge in [-0.3, -0.25) is 0 Å². The fourth-order valence-corrected chi connectivity index (χ4v) is 2.77. The summed E-state index contributed by atoms with van der Waals surface area (Å²) in [6, 6.07) is 16.1. The van der Waals surface area contributed by atoms with Crippen molar-refractivity contribution < 1.29 is 13.9 Å². The number of anilines is 2. The topological polar surface area (TPSA) is 68.3 Å². The van der Waals surface area contributed by atoms with Crippen LogP contribution in [0.4, 0.5) is 16.2 Å². The summed E-state index contributed by atoms with van der Waals surface area (Å²) in [5.74, 6) is 2.60. The quantitative estimate of drug-likeness (QED) is 0.504. The second kappa shape index (κ2) is 10.3. The van der Waals surface area contributed by atoms with Gasteiger partial charge in [-0.15, -0.1) is 0 Å². The Morgan fingerprint density at radius 2 is 1.69 bits per heavy atom. The molecule has 0 atom stereocenters. The van der Waals surface area contributed by atoms with Crippen molar-refractivity contribution in [3.05, 3.63) is 71.7 Å². The molecule has 0 aliphatic heterocycles. The number of rotatable bonds is 10. The fourth-order valence-electron chi connectivity index (χ4n) is 2.77. The summed E-state index contributed by atoms with van der Waals surface area (Å²) in [6.07, 6.45) is 0.578. The molecule has 3 aromatic rings. The third-order valence-corrected chi connectivity index (χ3v) is 4.23. The molecular formula is C22H25FN4O2. The van der Waals surface area contributed by atoms with Crippen LogP contribution < -0.4 is 20.1 Å². The van der Waals surface area contributed by atoms with Gasteiger partial charge in [0.15, 0.2) is 0 Å². The molecule has 152 valence electrons. The van der Waals surface area contributed by atoms with E-state index < -0.39 is 0 Å². The molecule has 0 bridgehead atoms. The molecule has 0 fully saturated rings. The van der Waals surface area contributed by atoms with Gasteiger partial charge in [-0.25, -0.2) is 9.37 Å². The maximum atomic E-state index is 13.7. The van der Waals surface area contributed by atoms with E-state index in [0.29, 0.717) is 43.4 Å². The minimum Gasteiger partial charge on any atom is -0.497 e. The maximum Gasteiger partial charge on any atom is 0.224 e. The third-order valence-electron chi connectivity index (χ3n) is 4.23. The molecule has 0 saturated heterocycles. The van der Waals surface area contributed by atoms with Gasteiger partial charge in [0, 0.05) is 18.3 Å². The van der Waals surface area contributed by atoms with Crippen LogP contribution >= 0.6 is 0 Å². The minimum atomic E-state index is -0.188. The average Bonchev–Trinajstić information content (AvgIpc) is 2.73. The second-order valence-electron chi connectivity index (χ2n) is 6.44. The predicted molar refractivity (Wildman–Crippen MR) is 112 cm³/mol. The number of nitrogens with zero attached hydrogens (tertiary/aromatic N) is 2. The van der Waals surface area contributed by atoms with Crippen LogP contribution in [0.25, 0.3) is 0 Å². The first-order valence-electron chi connectivity index (χ1n) is 9.48. The highest BCUT2D eigenvalue weighted by molar-refractivity contribution is 5.42. The van der Waals surface area contributed by atoms with E-state index >= 15 is 0 Å². The molecule has 1 aromatic heterocycles. The molecule has 3 rings (SSSR count). The number of hydrogen-bond donors (Lipinski definition) is 2. The molecule has 1 heterocycles. The largest absolute Gasteiger partial charge is 0.497 e. The molecule has 0 spiro atoms. The monoisotopic (exact) mass is 396 g/mol. The Morgan fingerprint density at radius 3 is 2.45 bits per heavy atom. The summed E-state index contributed by atoms with van der Waals surface area (Å²) in [7, 11) is 1.63. The molecule has 2 aromatic carbocycles. The number of methoxy groups -OCH3 is 1. The summed E-state index contributed by atoms with van der Waals surface area (Å²) >= 11 is 0. The third kappa shape index (κ3) is 6.34. The van der Waals surface area contributed by atoms with Crippen LogP contribution in [0.5, 0.6) is 11.5 Å². The van der Waals surface area contributed by atoms with Crippen LogP contribution in [0.2, 0.25) is 0 Å². The van der Waals surface area contributed by atoms with Crippen molar-refractivity contribution >= 4 is 11.8 Å². The van der Waals surface area contributed by atoms with E-state index in [1.807, 2.05) is 43.3 Å². The predicted octanol–water partition coefficient (Wildman–Crippen LogP) is 4.08. The molecule has 0 aliphatic rings. The lowest BCUT2D eigenvalue weighted by molar-refractivity contribution is 0.331. The van der Waals surface area contributed by atoms with Crippen molar-refractivity contribution in [3.63, 3.8) is 0 Å². The highest BCUT2D eigenvalue weighted by Gasteiger charge is 2.04. The Labute approximate surface area is 170 Å². The number of aryl methyl sites for hydroxylation is 1. The van der Waals surface area contributed by atoms with E-state index in [1.165, 1.54) is 6.07 Å². The standard InChI is InChI=1S/C22H25FN4O2/c1-16-15-21(24-12-11-17-5-3-4-6-20(17)23)27-22(26-16)25-13-14-29-19-9-7-18(28-2)8-10-19/h3-10,15H,11-14H2,1-2H3,(H2,24,25,26,27). The zero-order valence-electron chi connectivity index (χ0n) is 16.6. The Morgan fingerprint density at radius 1 is 0.931 bits per heavy atom. The fraction of sp³-hybridized carbons (Fsp3) is 0.273. The number of hydrogen-bond acceptors (Lipinski definition) is 6. The van der Waals surface area contributed by atoms with Crippen LogP contribution in [-0.4, -0.2) is 36.8 Å². The SMILES string of the molecule is COc1ccc(OCCNc2nc(C)cc(NCCc3ccccc3F)n2)cc1. The lowest BCUT2D eigenvalue weighted by atomic mass is 10.1. The number of nitrogens with one attached hydrogen (secondary N) is 2. The normalized spacial score (nSPS) is 10.4.